The van der Waals surface area contributed by atoms with Crippen LogP contribution in [0.3, 0.4) is 0 Å². The molecule has 3 heteroatoms. The van der Waals surface area contributed by atoms with Crippen LogP contribution in [0.5, 0.6) is 0 Å². The third kappa shape index (κ3) is 2.41. The molecule has 0 amide bonds. The van der Waals surface area contributed by atoms with Gasteiger partial charge in [-0.05, 0) is 19.3 Å². The van der Waals surface area contributed by atoms with Gasteiger partial charge in [0.25, 0.3) is 0 Å². The summed E-state index contributed by atoms with van der Waals surface area (Å²) >= 11 is 0. The van der Waals surface area contributed by atoms with Gasteiger partial charge in [0, 0.05) is 5.41 Å². The molecule has 0 radical (unpaired) electrons. The monoisotopic (exact) mass is 210 g/mol. The minimum Gasteiger partial charge on any atom is -0.450 e. The van der Waals surface area contributed by atoms with Crippen LogP contribution < -0.4 is 0 Å². The quantitative estimate of drug-likeness (QED) is 0.574. The highest BCUT2D eigenvalue weighted by Crippen LogP contribution is 2.40. The standard InChI is InChI=1S/C12H18O3/c1-9(2)12(8-15-11(13)14)7-5-4-6-10(12)3/h5-7,9H,4,8H2,1-3H3,(H,13,14). The summed E-state index contributed by atoms with van der Waals surface area (Å²) in [7, 11) is 0. The molecule has 1 rings (SSSR count). The lowest BCUT2D eigenvalue weighted by molar-refractivity contribution is 0.0571. The molecular weight excluding hydrogens is 192 g/mol. The molecule has 0 fully saturated rings. The van der Waals surface area contributed by atoms with E-state index >= 15 is 0 Å². The number of hydrogen-bond acceptors (Lipinski definition) is 2. The van der Waals surface area contributed by atoms with E-state index in [4.69, 9.17) is 9.84 Å². The smallest absolute Gasteiger partial charge is 0.450 e. The van der Waals surface area contributed by atoms with E-state index in [1.54, 1.807) is 0 Å². The van der Waals surface area contributed by atoms with Crippen molar-refractivity contribution >= 4 is 6.16 Å². The predicted molar refractivity (Wildman–Crippen MR) is 58.8 cm³/mol. The van der Waals surface area contributed by atoms with Gasteiger partial charge in [-0.25, -0.2) is 4.79 Å². The Kier molecular flexibility index (Phi) is 3.56. The van der Waals surface area contributed by atoms with Gasteiger partial charge >= 0.3 is 6.16 Å². The van der Waals surface area contributed by atoms with E-state index in [1.165, 1.54) is 5.57 Å². The second-order valence-corrected chi connectivity index (χ2v) is 4.27. The van der Waals surface area contributed by atoms with Crippen LogP contribution in [0.25, 0.3) is 0 Å². The maximum absolute atomic E-state index is 10.4. The molecule has 1 atom stereocenters. The van der Waals surface area contributed by atoms with Crippen LogP contribution in [0.15, 0.2) is 23.8 Å². The molecule has 1 N–H and O–H groups in total. The number of hydrogen-bond donors (Lipinski definition) is 1. The summed E-state index contributed by atoms with van der Waals surface area (Å²) in [6, 6.07) is 0. The topological polar surface area (TPSA) is 46.5 Å². The van der Waals surface area contributed by atoms with Gasteiger partial charge in [0.1, 0.15) is 6.61 Å². The van der Waals surface area contributed by atoms with Gasteiger partial charge in [-0.15, -0.1) is 0 Å². The SMILES string of the molecule is CC1=CCC=CC1(COC(=O)O)C(C)C. The van der Waals surface area contributed by atoms with Gasteiger partial charge in [-0.3, -0.25) is 0 Å². The Hall–Kier alpha value is -1.25. The van der Waals surface area contributed by atoms with Crippen LogP contribution in [0.1, 0.15) is 27.2 Å². The number of allylic oxidation sites excluding steroid dienone is 2. The summed E-state index contributed by atoms with van der Waals surface area (Å²) in [6.45, 7) is 6.41. The highest BCUT2D eigenvalue weighted by atomic mass is 16.7. The van der Waals surface area contributed by atoms with Crippen LogP contribution in [0.4, 0.5) is 4.79 Å². The van der Waals surface area contributed by atoms with Crippen molar-refractivity contribution in [2.45, 2.75) is 27.2 Å². The zero-order valence-corrected chi connectivity index (χ0v) is 9.49. The zero-order valence-electron chi connectivity index (χ0n) is 9.49. The first kappa shape index (κ1) is 11.8. The Labute approximate surface area is 90.4 Å². The lowest BCUT2D eigenvalue weighted by Crippen LogP contribution is -2.34. The molecule has 84 valence electrons. The molecule has 0 heterocycles. The molecule has 1 aliphatic carbocycles. The third-order valence-corrected chi connectivity index (χ3v) is 3.17. The minimum absolute atomic E-state index is 0.207. The van der Waals surface area contributed by atoms with Gasteiger partial charge in [-0.1, -0.05) is 37.6 Å². The van der Waals surface area contributed by atoms with E-state index in [1.807, 2.05) is 6.92 Å². The highest BCUT2D eigenvalue weighted by molar-refractivity contribution is 5.57. The second-order valence-electron chi connectivity index (χ2n) is 4.27. The Balaban J connectivity index is 2.87. The van der Waals surface area contributed by atoms with Gasteiger partial charge in [0.2, 0.25) is 0 Å². The first-order valence-electron chi connectivity index (χ1n) is 5.19. The average molecular weight is 210 g/mol. The maximum Gasteiger partial charge on any atom is 0.505 e. The Morgan fingerprint density at radius 1 is 1.67 bits per heavy atom. The molecule has 15 heavy (non-hydrogen) atoms. The molecule has 1 aliphatic rings. The van der Waals surface area contributed by atoms with Crippen LogP contribution in [-0.2, 0) is 4.74 Å². The second kappa shape index (κ2) is 4.51. The molecule has 0 saturated heterocycles. The van der Waals surface area contributed by atoms with Crippen molar-refractivity contribution in [2.24, 2.45) is 11.3 Å². The fraction of sp³-hybridized carbons (Fsp3) is 0.583. The number of carbonyl (C=O) groups is 1. The summed E-state index contributed by atoms with van der Waals surface area (Å²) in [4.78, 5) is 10.4. The maximum atomic E-state index is 10.4. The van der Waals surface area contributed by atoms with Gasteiger partial charge < -0.3 is 9.84 Å². The van der Waals surface area contributed by atoms with Crippen molar-refractivity contribution in [3.05, 3.63) is 23.8 Å². The zero-order chi connectivity index (χ0) is 11.5. The molecule has 0 bridgehead atoms. The third-order valence-electron chi connectivity index (χ3n) is 3.17. The van der Waals surface area contributed by atoms with Gasteiger partial charge in [0.05, 0.1) is 0 Å². The van der Waals surface area contributed by atoms with Crippen molar-refractivity contribution in [3.8, 4) is 0 Å². The van der Waals surface area contributed by atoms with Crippen LogP contribution >= 0.6 is 0 Å². The predicted octanol–water partition coefficient (Wildman–Crippen LogP) is 3.23. The first-order valence-corrected chi connectivity index (χ1v) is 5.19. The van der Waals surface area contributed by atoms with Crippen molar-refractivity contribution in [2.75, 3.05) is 6.61 Å². The Morgan fingerprint density at radius 3 is 2.80 bits per heavy atom. The Bertz CT molecular complexity index is 302. The van der Waals surface area contributed by atoms with Gasteiger partial charge in [0.15, 0.2) is 0 Å². The lowest BCUT2D eigenvalue weighted by Gasteiger charge is -2.36. The molecular formula is C12H18O3. The molecule has 0 aromatic heterocycles. The van der Waals surface area contributed by atoms with Crippen LogP contribution in [-0.4, -0.2) is 17.9 Å². The van der Waals surface area contributed by atoms with E-state index in [0.29, 0.717) is 5.92 Å². The number of ether oxygens (including phenoxy) is 1. The summed E-state index contributed by atoms with van der Waals surface area (Å²) in [5.41, 5.74) is 0.942. The van der Waals surface area contributed by atoms with E-state index in [9.17, 15) is 4.79 Å². The van der Waals surface area contributed by atoms with E-state index in [0.717, 1.165) is 6.42 Å². The lowest BCUT2D eigenvalue weighted by atomic mass is 9.70. The first-order chi connectivity index (χ1) is 6.99. The van der Waals surface area contributed by atoms with Crippen molar-refractivity contribution < 1.29 is 14.6 Å². The van der Waals surface area contributed by atoms with Crippen LogP contribution in [0.2, 0.25) is 0 Å². The average Bonchev–Trinajstić information content (AvgIpc) is 2.16. The summed E-state index contributed by atoms with van der Waals surface area (Å²) in [5, 5.41) is 8.56. The molecule has 1 unspecified atom stereocenters. The molecule has 0 aromatic rings. The Morgan fingerprint density at radius 2 is 2.33 bits per heavy atom. The van der Waals surface area contributed by atoms with Crippen molar-refractivity contribution in [3.63, 3.8) is 0 Å². The van der Waals surface area contributed by atoms with Crippen LogP contribution in [0, 0.1) is 11.3 Å². The van der Waals surface area contributed by atoms with E-state index < -0.39 is 6.16 Å². The van der Waals surface area contributed by atoms with Crippen molar-refractivity contribution in [1.82, 2.24) is 0 Å². The number of rotatable bonds is 3. The normalized spacial score (nSPS) is 25.2. The fourth-order valence-corrected chi connectivity index (χ4v) is 2.00. The fourth-order valence-electron chi connectivity index (χ4n) is 2.00. The highest BCUT2D eigenvalue weighted by Gasteiger charge is 2.35. The van der Waals surface area contributed by atoms with Crippen molar-refractivity contribution in [1.29, 1.82) is 0 Å². The number of carboxylic acid groups (broad SMARTS) is 1. The largest absolute Gasteiger partial charge is 0.505 e. The minimum atomic E-state index is -1.21. The summed E-state index contributed by atoms with van der Waals surface area (Å²) in [5.74, 6) is 0.324. The molecule has 0 saturated carbocycles. The van der Waals surface area contributed by atoms with E-state index in [-0.39, 0.29) is 12.0 Å². The molecule has 0 aromatic carbocycles. The molecule has 3 nitrogen and oxygen atoms in total. The summed E-state index contributed by atoms with van der Waals surface area (Å²) in [6.07, 6.45) is 5.99. The molecule has 0 aliphatic heterocycles. The summed E-state index contributed by atoms with van der Waals surface area (Å²) < 4.78 is 4.74. The van der Waals surface area contributed by atoms with E-state index in [2.05, 4.69) is 32.1 Å². The van der Waals surface area contributed by atoms with Gasteiger partial charge in [-0.2, -0.15) is 0 Å². The molecule has 0 spiro atoms.